The van der Waals surface area contributed by atoms with Crippen molar-refractivity contribution in [3.8, 4) is 11.1 Å². The van der Waals surface area contributed by atoms with Crippen LogP contribution in [0.5, 0.6) is 0 Å². The van der Waals surface area contributed by atoms with Crippen molar-refractivity contribution in [2.24, 2.45) is 0 Å². The molecule has 0 radical (unpaired) electrons. The van der Waals surface area contributed by atoms with Gasteiger partial charge < -0.3 is 4.98 Å². The molecule has 0 aliphatic heterocycles. The molecule has 2 rings (SSSR count). The van der Waals surface area contributed by atoms with Crippen LogP contribution in [0.3, 0.4) is 0 Å². The van der Waals surface area contributed by atoms with Gasteiger partial charge in [-0.2, -0.15) is 13.2 Å². The first-order chi connectivity index (χ1) is 8.39. The summed E-state index contributed by atoms with van der Waals surface area (Å²) in [5.74, 6) is -0.748. The molecule has 1 N–H and O–H groups in total. The van der Waals surface area contributed by atoms with Crippen LogP contribution < -0.4 is 5.56 Å². The molecule has 0 saturated heterocycles. The third-order valence-electron chi connectivity index (χ3n) is 2.39. The van der Waals surface area contributed by atoms with Gasteiger partial charge in [-0.15, -0.1) is 0 Å². The molecule has 0 aliphatic carbocycles. The SMILES string of the molecule is O=c1[nH]cc(C(F)(F)F)cc1-c1ccccc1F. The van der Waals surface area contributed by atoms with E-state index in [-0.39, 0.29) is 11.1 Å². The molecule has 2 aromatic rings. The number of nitrogens with one attached hydrogen (secondary N) is 1. The molecule has 1 aromatic heterocycles. The Bertz CT molecular complexity index is 630. The molecule has 0 unspecified atom stereocenters. The van der Waals surface area contributed by atoms with Crippen LogP contribution in [0.1, 0.15) is 5.56 Å². The fraction of sp³-hybridized carbons (Fsp3) is 0.0833. The lowest BCUT2D eigenvalue weighted by Crippen LogP contribution is -2.14. The van der Waals surface area contributed by atoms with Gasteiger partial charge in [0.2, 0.25) is 0 Å². The molecule has 0 spiro atoms. The minimum Gasteiger partial charge on any atom is -0.328 e. The van der Waals surface area contributed by atoms with Gasteiger partial charge in [0.25, 0.3) is 5.56 Å². The van der Waals surface area contributed by atoms with E-state index in [0.29, 0.717) is 12.3 Å². The largest absolute Gasteiger partial charge is 0.417 e. The summed E-state index contributed by atoms with van der Waals surface area (Å²) in [5, 5.41) is 0. The molecule has 2 nitrogen and oxygen atoms in total. The topological polar surface area (TPSA) is 32.9 Å². The first-order valence-corrected chi connectivity index (χ1v) is 4.94. The Morgan fingerprint density at radius 3 is 2.33 bits per heavy atom. The molecule has 1 aromatic carbocycles. The van der Waals surface area contributed by atoms with E-state index in [2.05, 4.69) is 0 Å². The molecular weight excluding hydrogens is 250 g/mol. The summed E-state index contributed by atoms with van der Waals surface area (Å²) in [6.07, 6.45) is -4.03. The van der Waals surface area contributed by atoms with Gasteiger partial charge in [-0.25, -0.2) is 4.39 Å². The van der Waals surface area contributed by atoms with E-state index in [1.54, 1.807) is 0 Å². The van der Waals surface area contributed by atoms with Gasteiger partial charge in [0, 0.05) is 11.8 Å². The van der Waals surface area contributed by atoms with Crippen LogP contribution in [0.15, 0.2) is 41.3 Å². The lowest BCUT2D eigenvalue weighted by Gasteiger charge is -2.08. The highest BCUT2D eigenvalue weighted by atomic mass is 19.4. The van der Waals surface area contributed by atoms with E-state index >= 15 is 0 Å². The van der Waals surface area contributed by atoms with Crippen LogP contribution in [-0.2, 0) is 6.18 Å². The summed E-state index contributed by atoms with van der Waals surface area (Å²) in [6, 6.07) is 5.80. The number of alkyl halides is 3. The summed E-state index contributed by atoms with van der Waals surface area (Å²) in [5.41, 5.74) is -2.30. The van der Waals surface area contributed by atoms with Crippen LogP contribution in [0.25, 0.3) is 11.1 Å². The maximum absolute atomic E-state index is 13.4. The highest BCUT2D eigenvalue weighted by Crippen LogP contribution is 2.30. The first-order valence-electron chi connectivity index (χ1n) is 4.94. The Morgan fingerprint density at radius 1 is 1.06 bits per heavy atom. The molecule has 0 atom stereocenters. The fourth-order valence-corrected chi connectivity index (χ4v) is 1.53. The van der Waals surface area contributed by atoms with E-state index in [1.165, 1.54) is 18.2 Å². The number of hydrogen-bond acceptors (Lipinski definition) is 1. The average Bonchev–Trinajstić information content (AvgIpc) is 2.29. The molecule has 18 heavy (non-hydrogen) atoms. The minimum atomic E-state index is -4.59. The van der Waals surface area contributed by atoms with Gasteiger partial charge in [0.05, 0.1) is 11.1 Å². The Labute approximate surface area is 98.9 Å². The number of aromatic amines is 1. The van der Waals surface area contributed by atoms with Crippen LogP contribution in [-0.4, -0.2) is 4.98 Å². The van der Waals surface area contributed by atoms with Crippen LogP contribution >= 0.6 is 0 Å². The van der Waals surface area contributed by atoms with Crippen molar-refractivity contribution in [1.29, 1.82) is 0 Å². The molecule has 6 heteroatoms. The Hall–Kier alpha value is -2.11. The average molecular weight is 257 g/mol. The van der Waals surface area contributed by atoms with E-state index in [4.69, 9.17) is 0 Å². The summed E-state index contributed by atoms with van der Waals surface area (Å²) < 4.78 is 50.9. The van der Waals surface area contributed by atoms with Crippen LogP contribution in [0, 0.1) is 5.82 Å². The summed E-state index contributed by atoms with van der Waals surface area (Å²) in [6.45, 7) is 0. The van der Waals surface area contributed by atoms with Crippen molar-refractivity contribution < 1.29 is 17.6 Å². The van der Waals surface area contributed by atoms with Gasteiger partial charge in [-0.3, -0.25) is 4.79 Å². The van der Waals surface area contributed by atoms with Gasteiger partial charge >= 0.3 is 6.18 Å². The first kappa shape index (κ1) is 12.3. The van der Waals surface area contributed by atoms with Crippen LogP contribution in [0.4, 0.5) is 17.6 Å². The summed E-state index contributed by atoms with van der Waals surface area (Å²) in [4.78, 5) is 13.4. The lowest BCUT2D eigenvalue weighted by molar-refractivity contribution is -0.137. The number of rotatable bonds is 1. The monoisotopic (exact) mass is 257 g/mol. The number of H-pyrrole nitrogens is 1. The number of halogens is 4. The Balaban J connectivity index is 2.65. The zero-order valence-electron chi connectivity index (χ0n) is 8.88. The van der Waals surface area contributed by atoms with Crippen molar-refractivity contribution in [1.82, 2.24) is 4.98 Å². The van der Waals surface area contributed by atoms with E-state index < -0.39 is 23.1 Å². The smallest absolute Gasteiger partial charge is 0.328 e. The molecular formula is C12H7F4NO. The normalized spacial score (nSPS) is 11.6. The third-order valence-corrected chi connectivity index (χ3v) is 2.39. The van der Waals surface area contributed by atoms with Crippen molar-refractivity contribution in [3.63, 3.8) is 0 Å². The Kier molecular flexibility index (Phi) is 2.94. The van der Waals surface area contributed by atoms with Gasteiger partial charge in [-0.1, -0.05) is 18.2 Å². The number of pyridine rings is 1. The molecule has 0 amide bonds. The van der Waals surface area contributed by atoms with E-state index in [1.807, 2.05) is 4.98 Å². The second-order valence-electron chi connectivity index (χ2n) is 3.61. The standard InChI is InChI=1S/C12H7F4NO/c13-10-4-2-1-3-8(10)9-5-7(12(14,15)16)6-17-11(9)18/h1-6H,(H,17,18). The predicted octanol–water partition coefficient (Wildman–Crippen LogP) is 3.20. The molecule has 0 saturated carbocycles. The molecule has 0 bridgehead atoms. The maximum Gasteiger partial charge on any atom is 0.417 e. The zero-order chi connectivity index (χ0) is 13.3. The fourth-order valence-electron chi connectivity index (χ4n) is 1.53. The summed E-state index contributed by atoms with van der Waals surface area (Å²) in [7, 11) is 0. The summed E-state index contributed by atoms with van der Waals surface area (Å²) >= 11 is 0. The molecule has 94 valence electrons. The highest BCUT2D eigenvalue weighted by Gasteiger charge is 2.31. The quantitative estimate of drug-likeness (QED) is 0.782. The minimum absolute atomic E-state index is 0.162. The molecule has 1 heterocycles. The second kappa shape index (κ2) is 4.29. The van der Waals surface area contributed by atoms with E-state index in [0.717, 1.165) is 6.07 Å². The Morgan fingerprint density at radius 2 is 1.72 bits per heavy atom. The van der Waals surface area contributed by atoms with Crippen molar-refractivity contribution in [2.75, 3.05) is 0 Å². The van der Waals surface area contributed by atoms with Crippen molar-refractivity contribution >= 4 is 0 Å². The molecule has 0 aliphatic rings. The lowest BCUT2D eigenvalue weighted by atomic mass is 10.1. The van der Waals surface area contributed by atoms with E-state index in [9.17, 15) is 22.4 Å². The third kappa shape index (κ3) is 2.27. The van der Waals surface area contributed by atoms with Crippen LogP contribution in [0.2, 0.25) is 0 Å². The second-order valence-corrected chi connectivity index (χ2v) is 3.61. The predicted molar refractivity (Wildman–Crippen MR) is 57.5 cm³/mol. The van der Waals surface area contributed by atoms with Crippen molar-refractivity contribution in [3.05, 3.63) is 58.3 Å². The number of aromatic nitrogens is 1. The zero-order valence-corrected chi connectivity index (χ0v) is 8.88. The maximum atomic E-state index is 13.4. The van der Waals surface area contributed by atoms with Gasteiger partial charge in [-0.05, 0) is 12.1 Å². The van der Waals surface area contributed by atoms with Gasteiger partial charge in [0.15, 0.2) is 0 Å². The number of hydrogen-bond donors (Lipinski definition) is 1. The number of benzene rings is 1. The van der Waals surface area contributed by atoms with Gasteiger partial charge in [0.1, 0.15) is 5.82 Å². The highest BCUT2D eigenvalue weighted by molar-refractivity contribution is 5.63. The van der Waals surface area contributed by atoms with Crippen molar-refractivity contribution in [2.45, 2.75) is 6.18 Å². The molecule has 0 fully saturated rings.